The summed E-state index contributed by atoms with van der Waals surface area (Å²) in [4.78, 5) is 13.8. The van der Waals surface area contributed by atoms with Crippen LogP contribution in [0.15, 0.2) is 22.7 Å². The third-order valence-corrected chi connectivity index (χ3v) is 5.98. The molecule has 1 aliphatic rings. The first-order chi connectivity index (χ1) is 10.3. The summed E-state index contributed by atoms with van der Waals surface area (Å²) in [6, 6.07) is 5.35. The van der Waals surface area contributed by atoms with Gasteiger partial charge in [0.05, 0.1) is 0 Å². The van der Waals surface area contributed by atoms with Crippen LogP contribution < -0.4 is 10.0 Å². The van der Waals surface area contributed by atoms with E-state index >= 15 is 0 Å². The molecule has 1 saturated heterocycles. The number of urea groups is 1. The zero-order valence-corrected chi connectivity index (χ0v) is 14.9. The largest absolute Gasteiger partial charge is 0.322 e. The summed E-state index contributed by atoms with van der Waals surface area (Å²) >= 11 is 3.41. The van der Waals surface area contributed by atoms with Crippen LogP contribution in [0.25, 0.3) is 0 Å². The van der Waals surface area contributed by atoms with Gasteiger partial charge >= 0.3 is 6.03 Å². The number of nitrogens with zero attached hydrogens (tertiary/aromatic N) is 2. The van der Waals surface area contributed by atoms with E-state index in [1.54, 1.807) is 4.90 Å². The summed E-state index contributed by atoms with van der Waals surface area (Å²) in [5.74, 6) is 0. The van der Waals surface area contributed by atoms with Crippen LogP contribution in [0.3, 0.4) is 0 Å². The van der Waals surface area contributed by atoms with Crippen LogP contribution in [0, 0.1) is 6.92 Å². The van der Waals surface area contributed by atoms with Crippen molar-refractivity contribution >= 4 is 37.9 Å². The van der Waals surface area contributed by atoms with E-state index in [4.69, 9.17) is 0 Å². The maximum absolute atomic E-state index is 12.2. The second kappa shape index (κ2) is 6.95. The van der Waals surface area contributed by atoms with Crippen LogP contribution >= 0.6 is 15.9 Å². The Labute approximate surface area is 139 Å². The predicted molar refractivity (Wildman–Crippen MR) is 89.0 cm³/mol. The van der Waals surface area contributed by atoms with Gasteiger partial charge in [0.1, 0.15) is 0 Å². The number of hydrogen-bond donors (Lipinski definition) is 2. The molecule has 0 unspecified atom stereocenters. The second-order valence-electron chi connectivity index (χ2n) is 4.99. The molecule has 0 radical (unpaired) electrons. The van der Waals surface area contributed by atoms with E-state index < -0.39 is 10.2 Å². The number of carbonyl (C=O) groups excluding carboxylic acids is 1. The monoisotopic (exact) mass is 390 g/mol. The lowest BCUT2D eigenvalue weighted by atomic mass is 10.2. The Morgan fingerprint density at radius 2 is 1.86 bits per heavy atom. The third-order valence-electron chi connectivity index (χ3n) is 3.53. The minimum absolute atomic E-state index is 0.219. The highest BCUT2D eigenvalue weighted by atomic mass is 79.9. The van der Waals surface area contributed by atoms with Crippen molar-refractivity contribution in [1.29, 1.82) is 0 Å². The van der Waals surface area contributed by atoms with E-state index in [0.29, 0.717) is 13.1 Å². The summed E-state index contributed by atoms with van der Waals surface area (Å²) < 4.78 is 28.0. The SMILES string of the molecule is CNS(=O)(=O)N1CCN(C(=O)Nc2ccc(Br)c(C)c2)CC1. The van der Waals surface area contributed by atoms with Gasteiger partial charge in [-0.2, -0.15) is 12.7 Å². The highest BCUT2D eigenvalue weighted by Crippen LogP contribution is 2.20. The molecule has 1 aromatic rings. The lowest BCUT2D eigenvalue weighted by molar-refractivity contribution is 0.184. The zero-order valence-electron chi connectivity index (χ0n) is 12.5. The van der Waals surface area contributed by atoms with Gasteiger partial charge in [0.2, 0.25) is 0 Å². The maximum atomic E-state index is 12.2. The molecule has 0 bridgehead atoms. The van der Waals surface area contributed by atoms with E-state index in [9.17, 15) is 13.2 Å². The summed E-state index contributed by atoms with van der Waals surface area (Å²) in [7, 11) is -2.04. The fourth-order valence-corrected chi connectivity index (χ4v) is 3.33. The van der Waals surface area contributed by atoms with Crippen molar-refractivity contribution in [3.63, 3.8) is 0 Å². The second-order valence-corrected chi connectivity index (χ2v) is 7.72. The highest BCUT2D eigenvalue weighted by Gasteiger charge is 2.27. The number of anilines is 1. The quantitative estimate of drug-likeness (QED) is 0.817. The smallest absolute Gasteiger partial charge is 0.321 e. The number of piperazine rings is 1. The molecule has 2 rings (SSSR count). The lowest BCUT2D eigenvalue weighted by Gasteiger charge is -2.33. The molecule has 22 heavy (non-hydrogen) atoms. The van der Waals surface area contributed by atoms with Gasteiger partial charge in [-0.1, -0.05) is 15.9 Å². The van der Waals surface area contributed by atoms with Crippen LogP contribution in [0.1, 0.15) is 5.56 Å². The first-order valence-electron chi connectivity index (χ1n) is 6.84. The topological polar surface area (TPSA) is 81.8 Å². The number of halogens is 1. The van der Waals surface area contributed by atoms with E-state index in [-0.39, 0.29) is 19.1 Å². The minimum atomic E-state index is -3.42. The number of carbonyl (C=O) groups is 1. The molecule has 0 aliphatic carbocycles. The maximum Gasteiger partial charge on any atom is 0.321 e. The molecule has 122 valence electrons. The molecular weight excluding hydrogens is 372 g/mol. The number of aryl methyl sites for hydroxylation is 1. The Balaban J connectivity index is 1.94. The Hall–Kier alpha value is -1.16. The molecule has 0 saturated carbocycles. The Bertz CT molecular complexity index is 657. The van der Waals surface area contributed by atoms with Gasteiger partial charge < -0.3 is 10.2 Å². The van der Waals surface area contributed by atoms with Crippen molar-refractivity contribution in [3.8, 4) is 0 Å². The Morgan fingerprint density at radius 3 is 2.41 bits per heavy atom. The molecule has 1 heterocycles. The number of rotatable bonds is 3. The van der Waals surface area contributed by atoms with Gasteiger partial charge in [-0.15, -0.1) is 0 Å². The molecule has 7 nitrogen and oxygen atoms in total. The zero-order chi connectivity index (χ0) is 16.3. The molecule has 1 fully saturated rings. The summed E-state index contributed by atoms with van der Waals surface area (Å²) in [5, 5.41) is 2.83. The highest BCUT2D eigenvalue weighted by molar-refractivity contribution is 9.10. The standard InChI is InChI=1S/C13H19BrN4O3S/c1-10-9-11(3-4-12(10)14)16-13(19)17-5-7-18(8-6-17)22(20,21)15-2/h3-4,9,15H,5-8H2,1-2H3,(H,16,19). The van der Waals surface area contributed by atoms with Crippen LogP contribution in [-0.4, -0.2) is 56.9 Å². The first kappa shape index (κ1) is 17.2. The molecule has 1 aromatic carbocycles. The van der Waals surface area contributed by atoms with Crippen molar-refractivity contribution < 1.29 is 13.2 Å². The number of hydrogen-bond acceptors (Lipinski definition) is 3. The molecule has 2 N–H and O–H groups in total. The average Bonchev–Trinajstić information content (AvgIpc) is 2.51. The van der Waals surface area contributed by atoms with Crippen LogP contribution in [0.5, 0.6) is 0 Å². The fourth-order valence-electron chi connectivity index (χ4n) is 2.19. The number of benzene rings is 1. The van der Waals surface area contributed by atoms with Crippen molar-refractivity contribution in [2.45, 2.75) is 6.92 Å². The van der Waals surface area contributed by atoms with Gasteiger partial charge in [0.15, 0.2) is 0 Å². The summed E-state index contributed by atoms with van der Waals surface area (Å²) in [5.41, 5.74) is 1.75. The van der Waals surface area contributed by atoms with Crippen molar-refractivity contribution in [1.82, 2.24) is 13.9 Å². The van der Waals surface area contributed by atoms with Crippen molar-refractivity contribution in [2.24, 2.45) is 0 Å². The van der Waals surface area contributed by atoms with Gasteiger partial charge in [-0.3, -0.25) is 0 Å². The summed E-state index contributed by atoms with van der Waals surface area (Å²) in [6.45, 7) is 3.25. The van der Waals surface area contributed by atoms with Gasteiger partial charge in [0, 0.05) is 43.4 Å². The molecule has 0 aromatic heterocycles. The first-order valence-corrected chi connectivity index (χ1v) is 9.07. The molecule has 9 heteroatoms. The average molecular weight is 391 g/mol. The Kier molecular flexibility index (Phi) is 5.43. The van der Waals surface area contributed by atoms with Gasteiger partial charge in [0.25, 0.3) is 10.2 Å². The number of nitrogens with one attached hydrogen (secondary N) is 2. The van der Waals surface area contributed by atoms with E-state index in [1.165, 1.54) is 11.4 Å². The van der Waals surface area contributed by atoms with Crippen LogP contribution in [-0.2, 0) is 10.2 Å². The van der Waals surface area contributed by atoms with Crippen molar-refractivity contribution in [2.75, 3.05) is 38.5 Å². The van der Waals surface area contributed by atoms with Crippen LogP contribution in [0.2, 0.25) is 0 Å². The lowest BCUT2D eigenvalue weighted by Crippen LogP contribution is -2.53. The number of amides is 2. The van der Waals surface area contributed by atoms with Crippen LogP contribution in [0.4, 0.5) is 10.5 Å². The van der Waals surface area contributed by atoms with Gasteiger partial charge in [-0.25, -0.2) is 9.52 Å². The fraction of sp³-hybridized carbons (Fsp3) is 0.462. The van der Waals surface area contributed by atoms with E-state index in [0.717, 1.165) is 15.7 Å². The molecular formula is C13H19BrN4O3S. The summed E-state index contributed by atoms with van der Waals surface area (Å²) in [6.07, 6.45) is 0. The molecule has 1 aliphatic heterocycles. The normalized spacial score (nSPS) is 16.6. The van der Waals surface area contributed by atoms with E-state index in [1.807, 2.05) is 25.1 Å². The van der Waals surface area contributed by atoms with Gasteiger partial charge in [-0.05, 0) is 30.7 Å². The van der Waals surface area contributed by atoms with E-state index in [2.05, 4.69) is 26.0 Å². The predicted octanol–water partition coefficient (Wildman–Crippen LogP) is 1.37. The van der Waals surface area contributed by atoms with Crippen molar-refractivity contribution in [3.05, 3.63) is 28.2 Å². The molecule has 0 spiro atoms. The third kappa shape index (κ3) is 3.97. The Morgan fingerprint density at radius 1 is 1.23 bits per heavy atom. The molecule has 0 atom stereocenters. The minimum Gasteiger partial charge on any atom is -0.322 e. The molecule has 2 amide bonds.